The average molecular weight is 434 g/mol. The predicted octanol–water partition coefficient (Wildman–Crippen LogP) is 3.90. The monoisotopic (exact) mass is 433 g/mol. The molecule has 0 bridgehead atoms. The highest BCUT2D eigenvalue weighted by molar-refractivity contribution is 5.94. The van der Waals surface area contributed by atoms with Crippen molar-refractivity contribution in [2.75, 3.05) is 57.4 Å². The zero-order valence-corrected chi connectivity index (χ0v) is 19.6. The lowest BCUT2D eigenvalue weighted by Crippen LogP contribution is -2.48. The summed E-state index contributed by atoms with van der Waals surface area (Å²) in [5.74, 6) is 0. The number of piperazine rings is 1. The van der Waals surface area contributed by atoms with Gasteiger partial charge in [0.2, 0.25) is 0 Å². The molecule has 0 radical (unpaired) electrons. The summed E-state index contributed by atoms with van der Waals surface area (Å²) in [6.07, 6.45) is 0. The summed E-state index contributed by atoms with van der Waals surface area (Å²) in [7, 11) is 0. The maximum absolute atomic E-state index is 5.49. The largest absolute Gasteiger partial charge is 0.379 e. The molecule has 1 aromatic carbocycles. The van der Waals surface area contributed by atoms with Crippen LogP contribution in [0.25, 0.3) is 22.2 Å². The van der Waals surface area contributed by atoms with Gasteiger partial charge in [-0.2, -0.15) is 0 Å². The zero-order valence-electron chi connectivity index (χ0n) is 19.6. The smallest absolute Gasteiger partial charge is 0.0799 e. The average Bonchev–Trinajstić information content (AvgIpc) is 3.21. The first kappa shape index (κ1) is 21.4. The van der Waals surface area contributed by atoms with Crippen LogP contribution in [0.2, 0.25) is 0 Å². The second kappa shape index (κ2) is 9.22. The number of morpholine rings is 1. The summed E-state index contributed by atoms with van der Waals surface area (Å²) in [5.41, 5.74) is 7.02. The summed E-state index contributed by atoms with van der Waals surface area (Å²) in [4.78, 5) is 16.1. The zero-order chi connectivity index (χ0) is 22.1. The van der Waals surface area contributed by atoms with Gasteiger partial charge < -0.3 is 14.6 Å². The van der Waals surface area contributed by atoms with Gasteiger partial charge in [-0.05, 0) is 45.0 Å². The number of rotatable bonds is 5. The van der Waals surface area contributed by atoms with E-state index in [9.17, 15) is 0 Å². The number of nitrogens with one attached hydrogen (secondary N) is 1. The highest BCUT2D eigenvalue weighted by atomic mass is 16.5. The minimum absolute atomic E-state index is 0.629. The normalized spacial score (nSPS) is 18.7. The quantitative estimate of drug-likeness (QED) is 0.661. The van der Waals surface area contributed by atoms with Gasteiger partial charge in [0.25, 0.3) is 0 Å². The molecule has 0 unspecified atom stereocenters. The lowest BCUT2D eigenvalue weighted by molar-refractivity contribution is 0.0337. The molecule has 1 N–H and O–H groups in total. The number of ether oxygens (including phenoxy) is 1. The summed E-state index contributed by atoms with van der Waals surface area (Å²) >= 11 is 0. The molecule has 170 valence electrons. The molecule has 0 aliphatic carbocycles. The van der Waals surface area contributed by atoms with Crippen LogP contribution in [0.1, 0.15) is 25.2 Å². The Hall–Kier alpha value is -2.41. The van der Waals surface area contributed by atoms with Gasteiger partial charge in [0.15, 0.2) is 0 Å². The summed E-state index contributed by atoms with van der Waals surface area (Å²) in [6, 6.07) is 14.1. The third-order valence-electron chi connectivity index (χ3n) is 6.85. The standard InChI is InChI=1S/C26H35N5O/c1-19(2)30-8-10-31(11-9-30)23-6-4-21(5-7-23)26-24-17-22(18-29-12-14-32-15-13-29)28-25(24)16-20(3)27-26/h4-7,16-17,19,28H,8-15,18H2,1-3H3. The molecule has 0 spiro atoms. The van der Waals surface area contributed by atoms with Crippen LogP contribution in [0.4, 0.5) is 5.69 Å². The van der Waals surface area contributed by atoms with E-state index in [4.69, 9.17) is 9.72 Å². The lowest BCUT2D eigenvalue weighted by Gasteiger charge is -2.38. The Labute approximate surface area is 191 Å². The Morgan fingerprint density at radius 3 is 2.38 bits per heavy atom. The van der Waals surface area contributed by atoms with Crippen LogP contribution in [0.15, 0.2) is 36.4 Å². The van der Waals surface area contributed by atoms with Gasteiger partial charge >= 0.3 is 0 Å². The van der Waals surface area contributed by atoms with Crippen molar-refractivity contribution in [3.63, 3.8) is 0 Å². The first-order valence-electron chi connectivity index (χ1n) is 12.0. The maximum Gasteiger partial charge on any atom is 0.0799 e. The third-order valence-corrected chi connectivity index (χ3v) is 6.85. The van der Waals surface area contributed by atoms with E-state index in [1.807, 2.05) is 0 Å². The van der Waals surface area contributed by atoms with E-state index in [1.54, 1.807) is 0 Å². The number of aryl methyl sites for hydroxylation is 1. The molecule has 6 nitrogen and oxygen atoms in total. The van der Waals surface area contributed by atoms with Crippen molar-refractivity contribution in [3.05, 3.63) is 47.8 Å². The van der Waals surface area contributed by atoms with E-state index in [0.717, 1.165) is 70.4 Å². The molecule has 0 saturated carbocycles. The van der Waals surface area contributed by atoms with Crippen molar-refractivity contribution in [2.45, 2.75) is 33.4 Å². The highest BCUT2D eigenvalue weighted by Crippen LogP contribution is 2.30. The molecule has 2 aliphatic rings. The lowest BCUT2D eigenvalue weighted by atomic mass is 10.1. The molecule has 4 heterocycles. The molecule has 32 heavy (non-hydrogen) atoms. The van der Waals surface area contributed by atoms with E-state index in [-0.39, 0.29) is 0 Å². The maximum atomic E-state index is 5.49. The molecule has 3 aromatic rings. The van der Waals surface area contributed by atoms with Gasteiger partial charge in [0.1, 0.15) is 0 Å². The first-order valence-corrected chi connectivity index (χ1v) is 12.0. The van der Waals surface area contributed by atoms with Crippen LogP contribution < -0.4 is 4.90 Å². The Morgan fingerprint density at radius 1 is 0.969 bits per heavy atom. The fraction of sp³-hybridized carbons (Fsp3) is 0.500. The Bertz CT molecular complexity index is 1040. The molecular formula is C26H35N5O. The summed E-state index contributed by atoms with van der Waals surface area (Å²) < 4.78 is 5.49. The molecule has 2 aliphatic heterocycles. The minimum atomic E-state index is 0.629. The van der Waals surface area contributed by atoms with Crippen molar-refractivity contribution in [1.82, 2.24) is 19.8 Å². The van der Waals surface area contributed by atoms with Crippen molar-refractivity contribution >= 4 is 16.6 Å². The topological polar surface area (TPSA) is 47.6 Å². The number of aromatic nitrogens is 2. The number of benzene rings is 1. The summed E-state index contributed by atoms with van der Waals surface area (Å²) in [6.45, 7) is 15.7. The number of hydrogen-bond acceptors (Lipinski definition) is 5. The number of fused-ring (bicyclic) bond motifs is 1. The van der Waals surface area contributed by atoms with E-state index in [1.165, 1.54) is 27.8 Å². The van der Waals surface area contributed by atoms with Crippen LogP contribution in [0.5, 0.6) is 0 Å². The van der Waals surface area contributed by atoms with Crippen LogP contribution in [0, 0.1) is 6.92 Å². The van der Waals surface area contributed by atoms with Crippen LogP contribution >= 0.6 is 0 Å². The fourth-order valence-corrected chi connectivity index (χ4v) is 4.95. The van der Waals surface area contributed by atoms with E-state index in [2.05, 4.69) is 76.9 Å². The number of anilines is 1. The highest BCUT2D eigenvalue weighted by Gasteiger charge is 2.19. The van der Waals surface area contributed by atoms with Crippen LogP contribution in [0.3, 0.4) is 0 Å². The van der Waals surface area contributed by atoms with Gasteiger partial charge in [0, 0.05) is 85.4 Å². The van der Waals surface area contributed by atoms with E-state index >= 15 is 0 Å². The number of H-pyrrole nitrogens is 1. The van der Waals surface area contributed by atoms with Gasteiger partial charge in [-0.25, -0.2) is 0 Å². The molecule has 0 amide bonds. The molecule has 5 rings (SSSR count). The Kier molecular flexibility index (Phi) is 6.17. The molecule has 0 atom stereocenters. The molecule has 6 heteroatoms. The second-order valence-corrected chi connectivity index (χ2v) is 9.42. The van der Waals surface area contributed by atoms with Crippen molar-refractivity contribution in [2.24, 2.45) is 0 Å². The van der Waals surface area contributed by atoms with Crippen LogP contribution in [-0.2, 0) is 11.3 Å². The number of nitrogens with zero attached hydrogens (tertiary/aromatic N) is 4. The Morgan fingerprint density at radius 2 is 1.69 bits per heavy atom. The molecule has 2 saturated heterocycles. The van der Waals surface area contributed by atoms with Crippen LogP contribution in [-0.4, -0.2) is 78.3 Å². The van der Waals surface area contributed by atoms with Crippen molar-refractivity contribution < 1.29 is 4.74 Å². The molecule has 2 fully saturated rings. The van der Waals surface area contributed by atoms with Gasteiger partial charge in [-0.15, -0.1) is 0 Å². The SMILES string of the molecule is Cc1cc2[nH]c(CN3CCOCC3)cc2c(-c2ccc(N3CCN(C(C)C)CC3)cc2)n1. The van der Waals surface area contributed by atoms with Crippen molar-refractivity contribution in [3.8, 4) is 11.3 Å². The van der Waals surface area contributed by atoms with Gasteiger partial charge in [-0.3, -0.25) is 14.8 Å². The molecular weight excluding hydrogens is 398 g/mol. The molecule has 2 aromatic heterocycles. The minimum Gasteiger partial charge on any atom is -0.379 e. The van der Waals surface area contributed by atoms with Gasteiger partial charge in [-0.1, -0.05) is 12.1 Å². The first-order chi connectivity index (χ1) is 15.6. The Balaban J connectivity index is 1.36. The number of pyridine rings is 1. The number of aromatic amines is 1. The van der Waals surface area contributed by atoms with E-state index in [0.29, 0.717) is 6.04 Å². The van der Waals surface area contributed by atoms with Crippen molar-refractivity contribution in [1.29, 1.82) is 0 Å². The predicted molar refractivity (Wildman–Crippen MR) is 131 cm³/mol. The van der Waals surface area contributed by atoms with Gasteiger partial charge in [0.05, 0.1) is 18.9 Å². The fourth-order valence-electron chi connectivity index (χ4n) is 4.95. The van der Waals surface area contributed by atoms with E-state index < -0.39 is 0 Å². The summed E-state index contributed by atoms with van der Waals surface area (Å²) in [5, 5.41) is 1.21. The third kappa shape index (κ3) is 4.53. The second-order valence-electron chi connectivity index (χ2n) is 9.42. The number of hydrogen-bond donors (Lipinski definition) is 1.